The molecule has 0 unspecified atom stereocenters. The Morgan fingerprint density at radius 2 is 2.15 bits per heavy atom. The van der Waals surface area contributed by atoms with Gasteiger partial charge in [-0.3, -0.25) is 9.36 Å². The van der Waals surface area contributed by atoms with Gasteiger partial charge in [0.15, 0.2) is 0 Å². The summed E-state index contributed by atoms with van der Waals surface area (Å²) >= 11 is 1.62. The Balaban J connectivity index is 1.64. The molecule has 3 rings (SSSR count). The topological polar surface area (TPSA) is 69.4 Å². The zero-order chi connectivity index (χ0) is 18.5. The van der Waals surface area contributed by atoms with Gasteiger partial charge < -0.3 is 9.64 Å². The number of hydrogen-bond acceptors (Lipinski definition) is 5. The van der Waals surface area contributed by atoms with Gasteiger partial charge in [-0.1, -0.05) is 6.07 Å². The van der Waals surface area contributed by atoms with Crippen LogP contribution in [-0.4, -0.2) is 52.0 Å². The van der Waals surface area contributed by atoms with Crippen molar-refractivity contribution in [3.05, 3.63) is 38.7 Å². The number of ether oxygens (including phenoxy) is 1. The van der Waals surface area contributed by atoms with E-state index in [4.69, 9.17) is 4.74 Å². The molecule has 2 aromatic heterocycles. The second-order valence-electron chi connectivity index (χ2n) is 6.51. The number of aromatic nitrogens is 3. The van der Waals surface area contributed by atoms with Crippen molar-refractivity contribution in [2.75, 3.05) is 26.8 Å². The average Bonchev–Trinajstić information content (AvgIpc) is 3.27. The Morgan fingerprint density at radius 1 is 1.38 bits per heavy atom. The van der Waals surface area contributed by atoms with Crippen molar-refractivity contribution in [1.82, 2.24) is 19.2 Å². The van der Waals surface area contributed by atoms with Crippen molar-refractivity contribution in [2.45, 2.75) is 45.2 Å². The molecule has 2 aromatic rings. The summed E-state index contributed by atoms with van der Waals surface area (Å²) in [6.07, 6.45) is 2.17. The molecule has 1 aliphatic heterocycles. The van der Waals surface area contributed by atoms with Gasteiger partial charge in [0.05, 0.1) is 19.6 Å². The predicted molar refractivity (Wildman–Crippen MR) is 101 cm³/mol. The minimum atomic E-state index is -0.0734. The van der Waals surface area contributed by atoms with E-state index in [0.717, 1.165) is 36.6 Å². The number of carbonyl (C=O) groups is 1. The lowest BCUT2D eigenvalue weighted by molar-refractivity contribution is -0.131. The normalized spacial score (nSPS) is 15.5. The fourth-order valence-corrected chi connectivity index (χ4v) is 4.14. The largest absolute Gasteiger partial charge is 0.383 e. The van der Waals surface area contributed by atoms with Crippen LogP contribution in [0.25, 0.3) is 0 Å². The number of methoxy groups -OCH3 is 1. The Bertz CT molecular complexity index is 773. The van der Waals surface area contributed by atoms with Crippen LogP contribution in [0.15, 0.2) is 22.3 Å². The van der Waals surface area contributed by atoms with Crippen LogP contribution in [0.3, 0.4) is 0 Å². The standard InChI is InChI=1S/C18H26N4O3S/c1-3-21-17(19-22(18(21)24)10-11-25-2)14-6-8-20(9-7-14)16(23)13-15-5-4-12-26-15/h4-5,12,14H,3,6-11,13H2,1-2H3. The zero-order valence-corrected chi connectivity index (χ0v) is 16.2. The molecule has 1 fully saturated rings. The predicted octanol–water partition coefficient (Wildman–Crippen LogP) is 1.72. The number of rotatable bonds is 7. The molecular weight excluding hydrogens is 352 g/mol. The highest BCUT2D eigenvalue weighted by Gasteiger charge is 2.28. The van der Waals surface area contributed by atoms with E-state index in [1.807, 2.05) is 29.3 Å². The third kappa shape index (κ3) is 4.07. The third-order valence-electron chi connectivity index (χ3n) is 4.89. The summed E-state index contributed by atoms with van der Waals surface area (Å²) in [5.41, 5.74) is -0.0734. The number of amides is 1. The zero-order valence-electron chi connectivity index (χ0n) is 15.4. The second kappa shape index (κ2) is 8.64. The summed E-state index contributed by atoms with van der Waals surface area (Å²) in [7, 11) is 1.62. The highest BCUT2D eigenvalue weighted by Crippen LogP contribution is 2.26. The molecule has 1 amide bonds. The lowest BCUT2D eigenvalue weighted by Gasteiger charge is -2.31. The summed E-state index contributed by atoms with van der Waals surface area (Å²) in [5.74, 6) is 1.25. The summed E-state index contributed by atoms with van der Waals surface area (Å²) in [5, 5.41) is 6.56. The summed E-state index contributed by atoms with van der Waals surface area (Å²) in [4.78, 5) is 28.0. The van der Waals surface area contributed by atoms with Gasteiger partial charge in [-0.05, 0) is 31.2 Å². The molecule has 0 saturated carbocycles. The maximum Gasteiger partial charge on any atom is 0.345 e. The monoisotopic (exact) mass is 378 g/mol. The van der Waals surface area contributed by atoms with Crippen molar-refractivity contribution in [2.24, 2.45) is 0 Å². The fourth-order valence-electron chi connectivity index (χ4n) is 3.44. The van der Waals surface area contributed by atoms with Crippen LogP contribution in [0.2, 0.25) is 0 Å². The van der Waals surface area contributed by atoms with Crippen molar-refractivity contribution in [1.29, 1.82) is 0 Å². The molecule has 3 heterocycles. The number of carbonyl (C=O) groups excluding carboxylic acids is 1. The first-order valence-electron chi connectivity index (χ1n) is 9.10. The molecule has 0 aliphatic carbocycles. The van der Waals surface area contributed by atoms with E-state index in [-0.39, 0.29) is 17.5 Å². The van der Waals surface area contributed by atoms with E-state index >= 15 is 0 Å². The number of piperidine rings is 1. The van der Waals surface area contributed by atoms with E-state index in [1.165, 1.54) is 4.68 Å². The molecule has 1 aliphatic rings. The van der Waals surface area contributed by atoms with Crippen LogP contribution in [0, 0.1) is 0 Å². The van der Waals surface area contributed by atoms with Gasteiger partial charge in [0.25, 0.3) is 0 Å². The number of hydrogen-bond donors (Lipinski definition) is 0. The summed E-state index contributed by atoms with van der Waals surface area (Å²) in [6, 6.07) is 3.98. The molecule has 142 valence electrons. The molecule has 0 radical (unpaired) electrons. The van der Waals surface area contributed by atoms with E-state index in [0.29, 0.717) is 26.1 Å². The first kappa shape index (κ1) is 18.8. The molecule has 0 atom stereocenters. The fraction of sp³-hybridized carbons (Fsp3) is 0.611. The van der Waals surface area contributed by atoms with E-state index in [2.05, 4.69) is 5.10 Å². The molecule has 1 saturated heterocycles. The van der Waals surface area contributed by atoms with Gasteiger partial charge in [-0.25, -0.2) is 9.48 Å². The maximum atomic E-state index is 12.5. The van der Waals surface area contributed by atoms with Crippen molar-refractivity contribution in [3.63, 3.8) is 0 Å². The van der Waals surface area contributed by atoms with Gasteiger partial charge >= 0.3 is 5.69 Å². The third-order valence-corrected chi connectivity index (χ3v) is 5.77. The highest BCUT2D eigenvalue weighted by atomic mass is 32.1. The molecule has 7 nitrogen and oxygen atoms in total. The molecule has 0 N–H and O–H groups in total. The Hall–Kier alpha value is -1.93. The maximum absolute atomic E-state index is 12.5. The van der Waals surface area contributed by atoms with Gasteiger partial charge in [-0.15, -0.1) is 11.3 Å². The van der Waals surface area contributed by atoms with Crippen LogP contribution in [0.4, 0.5) is 0 Å². The summed E-state index contributed by atoms with van der Waals surface area (Å²) in [6.45, 7) is 4.95. The van der Waals surface area contributed by atoms with Crippen molar-refractivity contribution >= 4 is 17.2 Å². The van der Waals surface area contributed by atoms with Gasteiger partial charge in [-0.2, -0.15) is 5.10 Å². The van der Waals surface area contributed by atoms with Gasteiger partial charge in [0.1, 0.15) is 5.82 Å². The first-order chi connectivity index (χ1) is 12.6. The van der Waals surface area contributed by atoms with Crippen molar-refractivity contribution < 1.29 is 9.53 Å². The number of likely N-dealkylation sites (tertiary alicyclic amines) is 1. The van der Waals surface area contributed by atoms with Crippen LogP contribution in [-0.2, 0) is 29.0 Å². The number of thiophene rings is 1. The lowest BCUT2D eigenvalue weighted by Crippen LogP contribution is -2.39. The highest BCUT2D eigenvalue weighted by molar-refractivity contribution is 7.10. The molecule has 8 heteroatoms. The molecule has 0 spiro atoms. The van der Waals surface area contributed by atoms with E-state index in [9.17, 15) is 9.59 Å². The van der Waals surface area contributed by atoms with Crippen LogP contribution < -0.4 is 5.69 Å². The quantitative estimate of drug-likeness (QED) is 0.736. The molecule has 0 aromatic carbocycles. The minimum absolute atomic E-state index is 0.0734. The van der Waals surface area contributed by atoms with Crippen LogP contribution in [0.5, 0.6) is 0 Å². The van der Waals surface area contributed by atoms with Crippen LogP contribution in [0.1, 0.15) is 36.4 Å². The summed E-state index contributed by atoms with van der Waals surface area (Å²) < 4.78 is 8.31. The molecule has 0 bridgehead atoms. The molecular formula is C18H26N4O3S. The molecule has 26 heavy (non-hydrogen) atoms. The second-order valence-corrected chi connectivity index (χ2v) is 7.54. The van der Waals surface area contributed by atoms with Gasteiger partial charge in [0, 0.05) is 37.5 Å². The van der Waals surface area contributed by atoms with E-state index < -0.39 is 0 Å². The minimum Gasteiger partial charge on any atom is -0.383 e. The Labute approximate surface area is 157 Å². The van der Waals surface area contributed by atoms with E-state index in [1.54, 1.807) is 23.0 Å². The smallest absolute Gasteiger partial charge is 0.345 e. The average molecular weight is 378 g/mol. The first-order valence-corrected chi connectivity index (χ1v) is 9.98. The lowest BCUT2D eigenvalue weighted by atomic mass is 9.95. The van der Waals surface area contributed by atoms with Gasteiger partial charge in [0.2, 0.25) is 5.91 Å². The van der Waals surface area contributed by atoms with Crippen LogP contribution >= 0.6 is 11.3 Å². The Kier molecular flexibility index (Phi) is 6.26. The van der Waals surface area contributed by atoms with Crippen molar-refractivity contribution in [3.8, 4) is 0 Å². The number of nitrogens with zero attached hydrogens (tertiary/aromatic N) is 4. The SMILES string of the molecule is CCn1c(C2CCN(C(=O)Cc3cccs3)CC2)nn(CCOC)c1=O. The Morgan fingerprint density at radius 3 is 2.77 bits per heavy atom.